The van der Waals surface area contributed by atoms with Gasteiger partial charge in [-0.25, -0.2) is 13.1 Å². The molecule has 2 N–H and O–H groups in total. The van der Waals surface area contributed by atoms with Crippen LogP contribution in [-0.2, 0) is 14.8 Å². The minimum Gasteiger partial charge on any atom is -0.354 e. The van der Waals surface area contributed by atoms with Crippen LogP contribution in [0, 0.1) is 5.92 Å². The molecule has 1 aliphatic rings. The number of rotatable bonds is 8. The van der Waals surface area contributed by atoms with Crippen LogP contribution in [0.4, 0.5) is 0 Å². The first-order valence-corrected chi connectivity index (χ1v) is 12.2. The first kappa shape index (κ1) is 22.7. The summed E-state index contributed by atoms with van der Waals surface area (Å²) in [6, 6.07) is 12.7. The number of piperidine rings is 1. The van der Waals surface area contributed by atoms with Crippen LogP contribution in [0.5, 0.6) is 0 Å². The van der Waals surface area contributed by atoms with Crippen molar-refractivity contribution in [3.8, 4) is 0 Å². The minimum atomic E-state index is -3.65. The zero-order valence-corrected chi connectivity index (χ0v) is 19.0. The quantitative estimate of drug-likeness (QED) is 0.673. The van der Waals surface area contributed by atoms with E-state index in [2.05, 4.69) is 35.7 Å². The Morgan fingerprint density at radius 3 is 2.63 bits per heavy atom. The molecular weight excluding hydrogens is 398 g/mol. The van der Waals surface area contributed by atoms with Crippen molar-refractivity contribution in [2.45, 2.75) is 50.5 Å². The van der Waals surface area contributed by atoms with Gasteiger partial charge in [0.15, 0.2) is 0 Å². The van der Waals surface area contributed by atoms with Gasteiger partial charge in [-0.2, -0.15) is 0 Å². The standard InChI is InChI=1S/C23H33N3O3S/c1-18-7-6-14-26(16-18)23(2,3)17-24-22(27)12-13-25-30(28,29)21-11-10-19-8-4-5-9-20(19)15-21/h4-5,8-11,15,18,25H,6-7,12-14,16-17H2,1-3H3,(H,24,27). The predicted octanol–water partition coefficient (Wildman–Crippen LogP) is 3.13. The van der Waals surface area contributed by atoms with Crippen LogP contribution in [0.25, 0.3) is 10.8 Å². The topological polar surface area (TPSA) is 78.5 Å². The minimum absolute atomic E-state index is 0.0716. The second-order valence-corrected chi connectivity index (χ2v) is 10.7. The lowest BCUT2D eigenvalue weighted by Crippen LogP contribution is -2.54. The Kier molecular flexibility index (Phi) is 7.16. The SMILES string of the molecule is CC1CCCN(C(C)(C)CNC(=O)CCNS(=O)(=O)c2ccc3ccccc3c2)C1. The highest BCUT2D eigenvalue weighted by Gasteiger charge is 2.30. The number of benzene rings is 2. The molecule has 0 bridgehead atoms. The molecule has 1 unspecified atom stereocenters. The fraction of sp³-hybridized carbons (Fsp3) is 0.522. The van der Waals surface area contributed by atoms with Crippen molar-refractivity contribution in [3.63, 3.8) is 0 Å². The van der Waals surface area contributed by atoms with Crippen molar-refractivity contribution in [2.24, 2.45) is 5.92 Å². The maximum absolute atomic E-state index is 12.6. The third-order valence-electron chi connectivity index (χ3n) is 5.91. The molecule has 1 amide bonds. The van der Waals surface area contributed by atoms with Crippen molar-refractivity contribution in [1.29, 1.82) is 0 Å². The van der Waals surface area contributed by atoms with Crippen molar-refractivity contribution < 1.29 is 13.2 Å². The van der Waals surface area contributed by atoms with Gasteiger partial charge in [-0.1, -0.05) is 37.3 Å². The molecular formula is C23H33N3O3S. The number of nitrogens with zero attached hydrogens (tertiary/aromatic N) is 1. The van der Waals surface area contributed by atoms with E-state index >= 15 is 0 Å². The highest BCUT2D eigenvalue weighted by Crippen LogP contribution is 2.23. The molecule has 30 heavy (non-hydrogen) atoms. The molecule has 1 atom stereocenters. The Labute approximate surface area is 180 Å². The molecule has 0 saturated carbocycles. The van der Waals surface area contributed by atoms with Gasteiger partial charge in [0.2, 0.25) is 15.9 Å². The third kappa shape index (κ3) is 5.80. The summed E-state index contributed by atoms with van der Waals surface area (Å²) in [7, 11) is -3.65. The average Bonchev–Trinajstić information content (AvgIpc) is 2.72. The largest absolute Gasteiger partial charge is 0.354 e. The maximum Gasteiger partial charge on any atom is 0.240 e. The molecule has 0 spiro atoms. The summed E-state index contributed by atoms with van der Waals surface area (Å²) in [5.41, 5.74) is -0.116. The summed E-state index contributed by atoms with van der Waals surface area (Å²) >= 11 is 0. The number of likely N-dealkylation sites (tertiary alicyclic amines) is 1. The highest BCUT2D eigenvalue weighted by atomic mass is 32.2. The molecule has 0 radical (unpaired) electrons. The highest BCUT2D eigenvalue weighted by molar-refractivity contribution is 7.89. The second kappa shape index (κ2) is 9.45. The van der Waals surface area contributed by atoms with E-state index in [-0.39, 0.29) is 29.3 Å². The summed E-state index contributed by atoms with van der Waals surface area (Å²) in [5, 5.41) is 4.83. The second-order valence-electron chi connectivity index (χ2n) is 8.94. The Balaban J connectivity index is 1.48. The molecule has 3 rings (SSSR count). The number of carbonyl (C=O) groups excluding carboxylic acids is 1. The number of fused-ring (bicyclic) bond motifs is 1. The number of amides is 1. The lowest BCUT2D eigenvalue weighted by atomic mass is 9.93. The molecule has 1 saturated heterocycles. The van der Waals surface area contributed by atoms with E-state index < -0.39 is 10.0 Å². The Morgan fingerprint density at radius 1 is 1.17 bits per heavy atom. The van der Waals surface area contributed by atoms with E-state index in [0.717, 1.165) is 23.9 Å². The zero-order chi connectivity index (χ0) is 21.8. The van der Waals surface area contributed by atoms with Crippen LogP contribution in [-0.4, -0.2) is 50.9 Å². The molecule has 0 aromatic heterocycles. The van der Waals surface area contributed by atoms with Gasteiger partial charge in [0, 0.05) is 31.6 Å². The molecule has 164 valence electrons. The van der Waals surface area contributed by atoms with Gasteiger partial charge in [-0.15, -0.1) is 0 Å². The number of hydrogen-bond acceptors (Lipinski definition) is 4. The normalized spacial score (nSPS) is 18.4. The van der Waals surface area contributed by atoms with Crippen LogP contribution >= 0.6 is 0 Å². The number of hydrogen-bond donors (Lipinski definition) is 2. The van der Waals surface area contributed by atoms with E-state index in [9.17, 15) is 13.2 Å². The summed E-state index contributed by atoms with van der Waals surface area (Å²) < 4.78 is 27.7. The molecule has 1 fully saturated rings. The van der Waals surface area contributed by atoms with Crippen LogP contribution in [0.2, 0.25) is 0 Å². The van der Waals surface area contributed by atoms with Crippen molar-refractivity contribution >= 4 is 26.7 Å². The van der Waals surface area contributed by atoms with Crippen LogP contribution in [0.1, 0.15) is 40.0 Å². The molecule has 7 heteroatoms. The van der Waals surface area contributed by atoms with Crippen LogP contribution < -0.4 is 10.0 Å². The number of nitrogens with one attached hydrogen (secondary N) is 2. The van der Waals surface area contributed by atoms with Crippen LogP contribution in [0.15, 0.2) is 47.4 Å². The first-order valence-electron chi connectivity index (χ1n) is 10.7. The van der Waals surface area contributed by atoms with Gasteiger partial charge in [0.1, 0.15) is 0 Å². The van der Waals surface area contributed by atoms with Crippen molar-refractivity contribution in [2.75, 3.05) is 26.2 Å². The summed E-state index contributed by atoms with van der Waals surface area (Å²) in [4.78, 5) is 14.9. The lowest BCUT2D eigenvalue weighted by molar-refractivity contribution is -0.121. The number of sulfonamides is 1. The average molecular weight is 432 g/mol. The maximum atomic E-state index is 12.6. The first-order chi connectivity index (χ1) is 14.2. The fourth-order valence-electron chi connectivity index (χ4n) is 3.97. The molecule has 1 aliphatic heterocycles. The van der Waals surface area contributed by atoms with Crippen molar-refractivity contribution in [3.05, 3.63) is 42.5 Å². The van der Waals surface area contributed by atoms with E-state index in [1.807, 2.05) is 24.3 Å². The molecule has 6 nitrogen and oxygen atoms in total. The van der Waals surface area contributed by atoms with Gasteiger partial charge < -0.3 is 5.32 Å². The van der Waals surface area contributed by atoms with E-state index in [4.69, 9.17) is 0 Å². The summed E-state index contributed by atoms with van der Waals surface area (Å²) in [5.74, 6) is 0.535. The Bertz CT molecular complexity index is 988. The van der Waals surface area contributed by atoms with Gasteiger partial charge in [-0.05, 0) is 62.1 Å². The molecule has 1 heterocycles. The molecule has 0 aliphatic carbocycles. The lowest BCUT2D eigenvalue weighted by Gasteiger charge is -2.43. The van der Waals surface area contributed by atoms with E-state index in [1.165, 1.54) is 12.8 Å². The summed E-state index contributed by atoms with van der Waals surface area (Å²) in [6.45, 7) is 9.29. The van der Waals surface area contributed by atoms with E-state index in [1.54, 1.807) is 18.2 Å². The van der Waals surface area contributed by atoms with Crippen molar-refractivity contribution in [1.82, 2.24) is 14.9 Å². The summed E-state index contributed by atoms with van der Waals surface area (Å²) in [6.07, 6.45) is 2.56. The molecule has 2 aromatic rings. The molecule has 2 aromatic carbocycles. The van der Waals surface area contributed by atoms with Crippen LogP contribution in [0.3, 0.4) is 0 Å². The van der Waals surface area contributed by atoms with Gasteiger partial charge >= 0.3 is 0 Å². The van der Waals surface area contributed by atoms with Gasteiger partial charge in [0.25, 0.3) is 0 Å². The Hall–Kier alpha value is -1.96. The monoisotopic (exact) mass is 431 g/mol. The van der Waals surface area contributed by atoms with Gasteiger partial charge in [-0.3, -0.25) is 9.69 Å². The van der Waals surface area contributed by atoms with E-state index in [0.29, 0.717) is 12.5 Å². The number of carbonyl (C=O) groups is 1. The van der Waals surface area contributed by atoms with Gasteiger partial charge in [0.05, 0.1) is 4.90 Å². The smallest absolute Gasteiger partial charge is 0.240 e. The zero-order valence-electron chi connectivity index (χ0n) is 18.1. The Morgan fingerprint density at radius 2 is 1.90 bits per heavy atom. The predicted molar refractivity (Wildman–Crippen MR) is 121 cm³/mol. The fourth-order valence-corrected chi connectivity index (χ4v) is 5.04. The third-order valence-corrected chi connectivity index (χ3v) is 7.37.